The van der Waals surface area contributed by atoms with E-state index in [1.54, 1.807) is 5.38 Å². The van der Waals surface area contributed by atoms with E-state index >= 15 is 0 Å². The number of amides is 1. The minimum Gasteiger partial charge on any atom is -0.457 e. The van der Waals surface area contributed by atoms with Crippen molar-refractivity contribution in [1.82, 2.24) is 10.3 Å². The summed E-state index contributed by atoms with van der Waals surface area (Å²) in [5.41, 5.74) is 2.35. The van der Waals surface area contributed by atoms with Crippen molar-refractivity contribution in [2.45, 2.75) is 13.0 Å². The second-order valence-corrected chi connectivity index (χ2v) is 6.40. The molecule has 0 unspecified atom stereocenters. The van der Waals surface area contributed by atoms with Gasteiger partial charge in [0.25, 0.3) is 5.91 Å². The fourth-order valence-electron chi connectivity index (χ4n) is 2.74. The van der Waals surface area contributed by atoms with Crippen LogP contribution in [0.4, 0.5) is 0 Å². The Hall–Kier alpha value is -2.66. The topological polar surface area (TPSA) is 51.2 Å². The molecule has 1 aliphatic rings. The lowest BCUT2D eigenvalue weighted by Crippen LogP contribution is -2.31. The van der Waals surface area contributed by atoms with Crippen LogP contribution < -0.4 is 10.1 Å². The van der Waals surface area contributed by atoms with Crippen LogP contribution in [0.5, 0.6) is 11.5 Å². The van der Waals surface area contributed by atoms with Crippen LogP contribution in [0.3, 0.4) is 0 Å². The quantitative estimate of drug-likeness (QED) is 0.773. The van der Waals surface area contributed by atoms with Crippen molar-refractivity contribution in [3.05, 3.63) is 75.7 Å². The number of thiazole rings is 1. The van der Waals surface area contributed by atoms with E-state index in [4.69, 9.17) is 4.74 Å². The van der Waals surface area contributed by atoms with Crippen LogP contribution in [0.15, 0.2) is 53.9 Å². The number of ether oxygens (including phenoxy) is 1. The van der Waals surface area contributed by atoms with Crippen LogP contribution in [0, 0.1) is 6.92 Å². The molecule has 2 heterocycles. The predicted octanol–water partition coefficient (Wildman–Crippen LogP) is 4.08. The van der Waals surface area contributed by atoms with Crippen molar-refractivity contribution in [3.63, 3.8) is 0 Å². The van der Waals surface area contributed by atoms with Crippen molar-refractivity contribution < 1.29 is 9.53 Å². The fourth-order valence-corrected chi connectivity index (χ4v) is 3.33. The molecule has 114 valence electrons. The highest BCUT2D eigenvalue weighted by Crippen LogP contribution is 2.42. The molecule has 2 aromatic carbocycles. The van der Waals surface area contributed by atoms with E-state index in [-0.39, 0.29) is 11.9 Å². The summed E-state index contributed by atoms with van der Waals surface area (Å²) in [6.45, 7) is 1.89. The SMILES string of the molecule is Cc1nc(C(=O)NC2c3ccccc3Oc3ccccc32)cs1. The molecular weight excluding hydrogens is 308 g/mol. The zero-order valence-electron chi connectivity index (χ0n) is 12.4. The fraction of sp³-hybridized carbons (Fsp3) is 0.111. The van der Waals surface area contributed by atoms with Crippen LogP contribution >= 0.6 is 11.3 Å². The number of carbonyl (C=O) groups excluding carboxylic acids is 1. The maximum absolute atomic E-state index is 12.5. The third-order valence-electron chi connectivity index (χ3n) is 3.81. The van der Waals surface area contributed by atoms with Gasteiger partial charge in [-0.2, -0.15) is 0 Å². The highest BCUT2D eigenvalue weighted by atomic mass is 32.1. The number of fused-ring (bicyclic) bond motifs is 2. The molecule has 23 heavy (non-hydrogen) atoms. The summed E-state index contributed by atoms with van der Waals surface area (Å²) in [6.07, 6.45) is 0. The molecule has 4 nitrogen and oxygen atoms in total. The number of carbonyl (C=O) groups is 1. The number of aromatic nitrogens is 1. The van der Waals surface area contributed by atoms with E-state index in [0.717, 1.165) is 27.6 Å². The third kappa shape index (κ3) is 2.49. The van der Waals surface area contributed by atoms with E-state index in [9.17, 15) is 4.79 Å². The lowest BCUT2D eigenvalue weighted by Gasteiger charge is -2.28. The molecule has 1 aromatic heterocycles. The first-order valence-corrected chi connectivity index (χ1v) is 8.19. The van der Waals surface area contributed by atoms with Gasteiger partial charge in [-0.3, -0.25) is 4.79 Å². The van der Waals surface area contributed by atoms with Crippen molar-refractivity contribution in [2.24, 2.45) is 0 Å². The molecule has 0 atom stereocenters. The average molecular weight is 322 g/mol. The summed E-state index contributed by atoms with van der Waals surface area (Å²) < 4.78 is 5.93. The molecule has 0 saturated heterocycles. The van der Waals surface area contributed by atoms with Crippen molar-refractivity contribution in [2.75, 3.05) is 0 Å². The average Bonchev–Trinajstić information content (AvgIpc) is 3.01. The van der Waals surface area contributed by atoms with Crippen LogP contribution in [0.1, 0.15) is 32.7 Å². The lowest BCUT2D eigenvalue weighted by molar-refractivity contribution is 0.0937. The van der Waals surface area contributed by atoms with Gasteiger partial charge in [0, 0.05) is 16.5 Å². The molecule has 5 heteroatoms. The Labute approximate surface area is 137 Å². The van der Waals surface area contributed by atoms with Crippen molar-refractivity contribution in [3.8, 4) is 11.5 Å². The Morgan fingerprint density at radius 3 is 2.26 bits per heavy atom. The van der Waals surface area contributed by atoms with Gasteiger partial charge in [0.15, 0.2) is 0 Å². The molecule has 0 spiro atoms. The van der Waals surface area contributed by atoms with Gasteiger partial charge < -0.3 is 10.1 Å². The van der Waals surface area contributed by atoms with Gasteiger partial charge in [0.05, 0.1) is 11.0 Å². The monoisotopic (exact) mass is 322 g/mol. The summed E-state index contributed by atoms with van der Waals surface area (Å²) in [5.74, 6) is 1.36. The zero-order chi connectivity index (χ0) is 15.8. The number of hydrogen-bond acceptors (Lipinski definition) is 4. The van der Waals surface area contributed by atoms with Gasteiger partial charge in [-0.25, -0.2) is 4.98 Å². The Balaban J connectivity index is 1.74. The second-order valence-electron chi connectivity index (χ2n) is 5.34. The van der Waals surface area contributed by atoms with Crippen LogP contribution in [0.2, 0.25) is 0 Å². The first-order valence-electron chi connectivity index (χ1n) is 7.31. The molecule has 1 amide bonds. The van der Waals surface area contributed by atoms with E-state index in [1.165, 1.54) is 11.3 Å². The van der Waals surface area contributed by atoms with Crippen LogP contribution in [0.25, 0.3) is 0 Å². The smallest absolute Gasteiger partial charge is 0.271 e. The molecule has 0 saturated carbocycles. The number of nitrogens with one attached hydrogen (secondary N) is 1. The van der Waals surface area contributed by atoms with E-state index in [0.29, 0.717) is 5.69 Å². The summed E-state index contributed by atoms with van der Waals surface area (Å²) in [4.78, 5) is 16.8. The third-order valence-corrected chi connectivity index (χ3v) is 4.58. The molecule has 0 radical (unpaired) electrons. The lowest BCUT2D eigenvalue weighted by atomic mass is 9.94. The molecule has 0 aliphatic carbocycles. The maximum atomic E-state index is 12.5. The van der Waals surface area contributed by atoms with E-state index in [2.05, 4.69) is 10.3 Å². The van der Waals surface area contributed by atoms with Crippen LogP contribution in [-0.2, 0) is 0 Å². The number of benzene rings is 2. The summed E-state index contributed by atoms with van der Waals surface area (Å²) in [6, 6.07) is 15.3. The summed E-state index contributed by atoms with van der Waals surface area (Å²) in [5, 5.41) is 5.74. The Bertz CT molecular complexity index is 842. The zero-order valence-corrected chi connectivity index (χ0v) is 13.3. The van der Waals surface area contributed by atoms with Crippen LogP contribution in [-0.4, -0.2) is 10.9 Å². The maximum Gasteiger partial charge on any atom is 0.271 e. The first-order chi connectivity index (χ1) is 11.2. The van der Waals surface area contributed by atoms with E-state index < -0.39 is 0 Å². The Morgan fingerprint density at radius 1 is 1.09 bits per heavy atom. The minimum atomic E-state index is -0.245. The number of rotatable bonds is 2. The molecule has 4 rings (SSSR count). The normalized spacial score (nSPS) is 12.9. The standard InChI is InChI=1S/C18H14N2O2S/c1-11-19-14(10-23-11)18(21)20-17-12-6-2-4-8-15(12)22-16-9-5-3-7-13(16)17/h2-10,17H,1H3,(H,20,21). The Morgan fingerprint density at radius 2 is 1.70 bits per heavy atom. The van der Waals surface area contributed by atoms with Crippen molar-refractivity contribution >= 4 is 17.2 Å². The van der Waals surface area contributed by atoms with Gasteiger partial charge in [-0.15, -0.1) is 11.3 Å². The van der Waals surface area contributed by atoms with Gasteiger partial charge in [-0.1, -0.05) is 36.4 Å². The van der Waals surface area contributed by atoms with Gasteiger partial charge in [0.2, 0.25) is 0 Å². The second kappa shape index (κ2) is 5.52. The molecule has 0 fully saturated rings. The highest BCUT2D eigenvalue weighted by molar-refractivity contribution is 7.09. The predicted molar refractivity (Wildman–Crippen MR) is 89.1 cm³/mol. The molecule has 3 aromatic rings. The number of nitrogens with zero attached hydrogens (tertiary/aromatic N) is 1. The Kier molecular flexibility index (Phi) is 3.35. The summed E-state index contributed by atoms with van der Waals surface area (Å²) >= 11 is 1.47. The molecular formula is C18H14N2O2S. The molecule has 1 aliphatic heterocycles. The minimum absolute atomic E-state index is 0.175. The number of para-hydroxylation sites is 2. The molecule has 0 bridgehead atoms. The van der Waals surface area contributed by atoms with E-state index in [1.807, 2.05) is 55.5 Å². The summed E-state index contributed by atoms with van der Waals surface area (Å²) in [7, 11) is 0. The van der Waals surface area contributed by atoms with Gasteiger partial charge in [-0.05, 0) is 19.1 Å². The van der Waals surface area contributed by atoms with Crippen molar-refractivity contribution in [1.29, 1.82) is 0 Å². The number of hydrogen-bond donors (Lipinski definition) is 1. The first kappa shape index (κ1) is 14.0. The highest BCUT2D eigenvalue weighted by Gasteiger charge is 2.28. The largest absolute Gasteiger partial charge is 0.457 e. The van der Waals surface area contributed by atoms with Gasteiger partial charge in [0.1, 0.15) is 17.2 Å². The van der Waals surface area contributed by atoms with Gasteiger partial charge >= 0.3 is 0 Å². The molecule has 1 N–H and O–H groups in total. The number of aryl methyl sites for hydroxylation is 1.